The van der Waals surface area contributed by atoms with E-state index in [9.17, 15) is 17.7 Å². The van der Waals surface area contributed by atoms with E-state index in [1.807, 2.05) is 0 Å². The van der Waals surface area contributed by atoms with Gasteiger partial charge in [-0.15, -0.1) is 0 Å². The van der Waals surface area contributed by atoms with Crippen LogP contribution >= 0.6 is 7.60 Å². The molecule has 0 saturated carbocycles. The maximum Gasteiger partial charge on any atom is 0.449 e. The van der Waals surface area contributed by atoms with E-state index in [2.05, 4.69) is 4.52 Å². The van der Waals surface area contributed by atoms with Crippen LogP contribution in [-0.4, -0.2) is 22.0 Å². The van der Waals surface area contributed by atoms with Crippen molar-refractivity contribution in [3.8, 4) is 0 Å². The number of rotatable bonds is 0. The van der Waals surface area contributed by atoms with E-state index >= 15 is 0 Å². The second-order valence-corrected chi connectivity index (χ2v) is 3.94. The van der Waals surface area contributed by atoms with Crippen LogP contribution in [0.5, 0.6) is 0 Å². The molecule has 2 unspecified atom stereocenters. The Hall–Kier alpha value is -0.520. The van der Waals surface area contributed by atoms with Gasteiger partial charge in [0.25, 0.3) is 0 Å². The summed E-state index contributed by atoms with van der Waals surface area (Å²) in [5, 5.41) is 8.58. The molecule has 0 radical (unpaired) electrons. The minimum absolute atomic E-state index is 0.167. The number of hydrogen-bond donors (Lipinski definition) is 2. The second kappa shape index (κ2) is 2.48. The summed E-state index contributed by atoms with van der Waals surface area (Å²) in [5.41, 5.74) is 0. The molecule has 0 amide bonds. The maximum absolute atomic E-state index is 11.7. The highest BCUT2D eigenvalue weighted by Gasteiger charge is 2.48. The maximum atomic E-state index is 11.7. The average molecular weight is 204 g/mol. The summed E-state index contributed by atoms with van der Waals surface area (Å²) in [5.74, 6) is -3.71. The Kier molecular flexibility index (Phi) is 1.98. The molecule has 0 bridgehead atoms. The summed E-state index contributed by atoms with van der Waals surface area (Å²) in [6, 6.07) is 0. The van der Waals surface area contributed by atoms with Crippen molar-refractivity contribution in [2.24, 2.45) is 0 Å². The molecule has 0 fully saturated rings. The summed E-state index contributed by atoms with van der Waals surface area (Å²) in [7, 11) is -4.54. The lowest BCUT2D eigenvalue weighted by molar-refractivity contribution is -0.116. The first-order valence-corrected chi connectivity index (χ1v) is 4.37. The highest BCUT2D eigenvalue weighted by molar-refractivity contribution is 7.54. The Labute approximate surface area is 64.8 Å². The Morgan fingerprint density at radius 3 is 2.25 bits per heavy atom. The highest BCUT2D eigenvalue weighted by atomic mass is 31.2. The molecule has 1 aliphatic heterocycles. The van der Waals surface area contributed by atoms with Crippen LogP contribution < -0.4 is 0 Å². The van der Waals surface area contributed by atoms with E-state index in [4.69, 9.17) is 10.00 Å². The Morgan fingerprint density at radius 2 is 2.08 bits per heavy atom. The van der Waals surface area contributed by atoms with E-state index in [1.165, 1.54) is 0 Å². The second-order valence-electron chi connectivity index (χ2n) is 2.10. The molecule has 4 nitrogen and oxygen atoms in total. The predicted molar refractivity (Wildman–Crippen MR) is 31.1 cm³/mol. The number of aliphatic hydroxyl groups is 1. The molecule has 0 aromatic carbocycles. The molecule has 0 saturated heterocycles. The van der Waals surface area contributed by atoms with Crippen molar-refractivity contribution < 1.29 is 32.3 Å². The van der Waals surface area contributed by atoms with Gasteiger partial charge in [-0.1, -0.05) is 0 Å². The lowest BCUT2D eigenvalue weighted by Crippen LogP contribution is -2.10. The quantitative estimate of drug-likeness (QED) is 0.577. The Balaban J connectivity index is 2.90. The van der Waals surface area contributed by atoms with Crippen molar-refractivity contribution in [2.45, 2.75) is 12.0 Å². The van der Waals surface area contributed by atoms with E-state index < -0.39 is 25.4 Å². The van der Waals surface area contributed by atoms with Crippen molar-refractivity contribution in [2.75, 3.05) is 0 Å². The minimum Gasteiger partial charge on any atom is -0.418 e. The van der Waals surface area contributed by atoms with E-state index in [0.29, 0.717) is 0 Å². The number of hydrogen-bond acceptors (Lipinski definition) is 3. The molecule has 2 atom stereocenters. The van der Waals surface area contributed by atoms with Crippen molar-refractivity contribution in [3.63, 3.8) is 0 Å². The molecule has 1 heterocycles. The fourth-order valence-corrected chi connectivity index (χ4v) is 1.48. The fraction of sp³-hybridized carbons (Fsp3) is 0.500. The van der Waals surface area contributed by atoms with Crippen molar-refractivity contribution >= 4 is 7.60 Å². The van der Waals surface area contributed by atoms with Gasteiger partial charge in [-0.25, -0.2) is 4.57 Å². The van der Waals surface area contributed by atoms with Crippen molar-refractivity contribution in [3.05, 3.63) is 11.8 Å². The third-order valence-corrected chi connectivity index (χ3v) is 2.42. The molecule has 0 spiro atoms. The molecule has 8 heteroatoms. The molecule has 1 rings (SSSR count). The standard InChI is InChI=1S/C4H4F3O4P/c5-4(6,7)2-1-3(8)12(9,10)11-2/h1,3,8H,(H,9,10). The van der Waals surface area contributed by atoms with E-state index in [1.54, 1.807) is 0 Å². The van der Waals surface area contributed by atoms with Crippen LogP contribution in [0.2, 0.25) is 0 Å². The van der Waals surface area contributed by atoms with Gasteiger partial charge in [0.05, 0.1) is 0 Å². The summed E-state index contributed by atoms with van der Waals surface area (Å²) in [4.78, 5) is 8.53. The van der Waals surface area contributed by atoms with E-state index in [0.717, 1.165) is 0 Å². The Bertz CT molecular complexity index is 270. The third kappa shape index (κ3) is 1.63. The smallest absolute Gasteiger partial charge is 0.418 e. The van der Waals surface area contributed by atoms with Crippen molar-refractivity contribution in [1.82, 2.24) is 0 Å². The topological polar surface area (TPSA) is 66.8 Å². The lowest BCUT2D eigenvalue weighted by atomic mass is 10.4. The van der Waals surface area contributed by atoms with Crippen LogP contribution in [0.15, 0.2) is 11.8 Å². The van der Waals surface area contributed by atoms with Crippen LogP contribution in [-0.2, 0) is 9.09 Å². The zero-order valence-corrected chi connectivity index (χ0v) is 6.34. The molecule has 0 aliphatic carbocycles. The van der Waals surface area contributed by atoms with Gasteiger partial charge < -0.3 is 14.5 Å². The van der Waals surface area contributed by atoms with Crippen LogP contribution in [0.1, 0.15) is 0 Å². The number of allylic oxidation sites excluding steroid dienone is 1. The molecule has 0 aromatic heterocycles. The molecular formula is C4H4F3O4P. The van der Waals surface area contributed by atoms with Gasteiger partial charge in [0, 0.05) is 6.08 Å². The van der Waals surface area contributed by atoms with Crippen molar-refractivity contribution in [1.29, 1.82) is 0 Å². The molecule has 70 valence electrons. The molecule has 1 aliphatic rings. The summed E-state index contributed by atoms with van der Waals surface area (Å²) in [6.07, 6.45) is -4.67. The number of halogens is 3. The minimum atomic E-state index is -4.84. The van der Waals surface area contributed by atoms with Crippen LogP contribution in [0, 0.1) is 0 Å². The van der Waals surface area contributed by atoms with Gasteiger partial charge >= 0.3 is 13.8 Å². The Morgan fingerprint density at radius 1 is 1.58 bits per heavy atom. The summed E-state index contributed by atoms with van der Waals surface area (Å²) < 4.78 is 49.4. The number of aliphatic hydroxyl groups excluding tert-OH is 1. The molecule has 0 aromatic rings. The van der Waals surface area contributed by atoms with Crippen LogP contribution in [0.4, 0.5) is 13.2 Å². The zero-order chi connectivity index (χ0) is 9.57. The normalized spacial score (nSPS) is 36.1. The zero-order valence-electron chi connectivity index (χ0n) is 5.45. The molecule has 12 heavy (non-hydrogen) atoms. The van der Waals surface area contributed by atoms with Crippen LogP contribution in [0.3, 0.4) is 0 Å². The predicted octanol–water partition coefficient (Wildman–Crippen LogP) is 0.967. The lowest BCUT2D eigenvalue weighted by Gasteiger charge is -2.10. The van der Waals surface area contributed by atoms with Gasteiger partial charge in [0.1, 0.15) is 0 Å². The van der Waals surface area contributed by atoms with Gasteiger partial charge in [0.15, 0.2) is 5.85 Å². The monoisotopic (exact) mass is 204 g/mol. The molecule has 2 N–H and O–H groups in total. The SMILES string of the molecule is O=P1(O)OC(C(F)(F)F)=CC1O. The fourth-order valence-electron chi connectivity index (χ4n) is 0.601. The third-order valence-electron chi connectivity index (χ3n) is 1.14. The van der Waals surface area contributed by atoms with Crippen LogP contribution in [0.25, 0.3) is 0 Å². The summed E-state index contributed by atoms with van der Waals surface area (Å²) in [6.45, 7) is 0. The first-order chi connectivity index (χ1) is 5.23. The van der Waals surface area contributed by atoms with E-state index in [-0.39, 0.29) is 6.08 Å². The first kappa shape index (κ1) is 9.57. The van der Waals surface area contributed by atoms with Gasteiger partial charge in [-0.05, 0) is 0 Å². The summed E-state index contributed by atoms with van der Waals surface area (Å²) >= 11 is 0. The van der Waals surface area contributed by atoms with Gasteiger partial charge in [0.2, 0.25) is 5.76 Å². The largest absolute Gasteiger partial charge is 0.449 e. The number of alkyl halides is 3. The highest BCUT2D eigenvalue weighted by Crippen LogP contribution is 2.56. The first-order valence-electron chi connectivity index (χ1n) is 2.72. The molecular weight excluding hydrogens is 200 g/mol. The van der Waals surface area contributed by atoms with Gasteiger partial charge in [-0.2, -0.15) is 13.2 Å². The average Bonchev–Trinajstić information content (AvgIpc) is 2.06. The van der Waals surface area contributed by atoms with Gasteiger partial charge in [-0.3, -0.25) is 0 Å².